The van der Waals surface area contributed by atoms with Crippen molar-refractivity contribution in [2.75, 3.05) is 6.61 Å². The number of carbonyl (C=O) groups excluding carboxylic acids is 1. The molecule has 0 aliphatic heterocycles. The second-order valence-electron chi connectivity index (χ2n) is 4.84. The third kappa shape index (κ3) is 3.70. The van der Waals surface area contributed by atoms with Crippen LogP contribution in [0.2, 0.25) is 0 Å². The van der Waals surface area contributed by atoms with Gasteiger partial charge >= 0.3 is 0 Å². The average Bonchev–Trinajstić information content (AvgIpc) is 3.27. The van der Waals surface area contributed by atoms with E-state index in [1.54, 1.807) is 18.2 Å². The van der Waals surface area contributed by atoms with Gasteiger partial charge in [0.05, 0.1) is 24.8 Å². The van der Waals surface area contributed by atoms with Gasteiger partial charge in [-0.15, -0.1) is 0 Å². The van der Waals surface area contributed by atoms with Crippen molar-refractivity contribution in [1.82, 2.24) is 15.6 Å². The molecule has 0 aliphatic rings. The van der Waals surface area contributed by atoms with E-state index in [2.05, 4.69) is 20.7 Å². The summed E-state index contributed by atoms with van der Waals surface area (Å²) in [6.07, 6.45) is 2.95. The van der Waals surface area contributed by atoms with E-state index >= 15 is 0 Å². The predicted octanol–water partition coefficient (Wildman–Crippen LogP) is 2.83. The summed E-state index contributed by atoms with van der Waals surface area (Å²) in [6.45, 7) is 2.55. The van der Waals surface area contributed by atoms with E-state index < -0.39 is 0 Å². The zero-order chi connectivity index (χ0) is 16.8. The number of ether oxygens (including phenoxy) is 1. The number of H-pyrrole nitrogens is 1. The molecule has 0 unspecified atom stereocenters. The van der Waals surface area contributed by atoms with Crippen LogP contribution < -0.4 is 10.2 Å². The van der Waals surface area contributed by atoms with Gasteiger partial charge in [-0.3, -0.25) is 9.89 Å². The van der Waals surface area contributed by atoms with Crippen molar-refractivity contribution < 1.29 is 13.9 Å². The van der Waals surface area contributed by atoms with E-state index in [1.807, 2.05) is 31.2 Å². The molecule has 0 saturated carbocycles. The van der Waals surface area contributed by atoms with Gasteiger partial charge in [0, 0.05) is 5.56 Å². The van der Waals surface area contributed by atoms with E-state index in [-0.39, 0.29) is 5.91 Å². The lowest BCUT2D eigenvalue weighted by molar-refractivity contribution is 0.0950. The van der Waals surface area contributed by atoms with Crippen LogP contribution in [0.1, 0.15) is 23.2 Å². The van der Waals surface area contributed by atoms with Gasteiger partial charge in [0.2, 0.25) is 0 Å². The fourth-order valence-corrected chi connectivity index (χ4v) is 2.05. The minimum absolute atomic E-state index is 0.315. The Morgan fingerprint density at radius 2 is 2.21 bits per heavy atom. The minimum Gasteiger partial charge on any atom is -0.494 e. The number of nitrogens with zero attached hydrogens (tertiary/aromatic N) is 2. The molecule has 24 heavy (non-hydrogen) atoms. The van der Waals surface area contributed by atoms with Gasteiger partial charge in [0.15, 0.2) is 0 Å². The van der Waals surface area contributed by atoms with Crippen molar-refractivity contribution in [2.24, 2.45) is 5.10 Å². The third-order valence-corrected chi connectivity index (χ3v) is 3.18. The van der Waals surface area contributed by atoms with Gasteiger partial charge in [-0.2, -0.15) is 10.2 Å². The molecule has 0 radical (unpaired) electrons. The third-order valence-electron chi connectivity index (χ3n) is 3.18. The SMILES string of the molecule is CCOc1ccc(-c2cc(C(=O)N/N=C/c3ccco3)[nH]n2)cc1. The normalized spacial score (nSPS) is 10.9. The van der Waals surface area contributed by atoms with Crippen molar-refractivity contribution in [3.63, 3.8) is 0 Å². The molecule has 122 valence electrons. The largest absolute Gasteiger partial charge is 0.494 e. The molecule has 0 fully saturated rings. The summed E-state index contributed by atoms with van der Waals surface area (Å²) < 4.78 is 10.5. The van der Waals surface area contributed by atoms with E-state index in [9.17, 15) is 4.79 Å². The van der Waals surface area contributed by atoms with Crippen LogP contribution in [0.4, 0.5) is 0 Å². The lowest BCUT2D eigenvalue weighted by Gasteiger charge is -2.02. The van der Waals surface area contributed by atoms with Crippen LogP contribution in [0.25, 0.3) is 11.3 Å². The van der Waals surface area contributed by atoms with Gasteiger partial charge in [-0.25, -0.2) is 5.43 Å². The van der Waals surface area contributed by atoms with Crippen molar-refractivity contribution in [2.45, 2.75) is 6.92 Å². The van der Waals surface area contributed by atoms with Crippen molar-refractivity contribution in [1.29, 1.82) is 0 Å². The highest BCUT2D eigenvalue weighted by Gasteiger charge is 2.10. The fraction of sp³-hybridized carbons (Fsp3) is 0.118. The van der Waals surface area contributed by atoms with Gasteiger partial charge < -0.3 is 9.15 Å². The number of benzene rings is 1. The highest BCUT2D eigenvalue weighted by Crippen LogP contribution is 2.21. The van der Waals surface area contributed by atoms with E-state index in [0.29, 0.717) is 23.8 Å². The van der Waals surface area contributed by atoms with E-state index in [1.165, 1.54) is 12.5 Å². The molecule has 0 spiro atoms. The lowest BCUT2D eigenvalue weighted by atomic mass is 10.1. The summed E-state index contributed by atoms with van der Waals surface area (Å²) in [7, 11) is 0. The Bertz CT molecular complexity index is 820. The van der Waals surface area contributed by atoms with Crippen LogP contribution in [0, 0.1) is 0 Å². The maximum absolute atomic E-state index is 12.0. The smallest absolute Gasteiger partial charge is 0.289 e. The van der Waals surface area contributed by atoms with Gasteiger partial charge in [0.25, 0.3) is 5.91 Å². The maximum Gasteiger partial charge on any atom is 0.289 e. The van der Waals surface area contributed by atoms with Gasteiger partial charge in [0.1, 0.15) is 17.2 Å². The number of amides is 1. The molecule has 2 N–H and O–H groups in total. The first-order chi connectivity index (χ1) is 11.8. The number of furan rings is 1. The predicted molar refractivity (Wildman–Crippen MR) is 89.0 cm³/mol. The molecule has 7 nitrogen and oxygen atoms in total. The van der Waals surface area contributed by atoms with Crippen LogP contribution in [0.3, 0.4) is 0 Å². The van der Waals surface area contributed by atoms with Crippen molar-refractivity contribution in [3.05, 3.63) is 60.2 Å². The second-order valence-corrected chi connectivity index (χ2v) is 4.84. The molecule has 0 atom stereocenters. The van der Waals surface area contributed by atoms with E-state index in [4.69, 9.17) is 9.15 Å². The van der Waals surface area contributed by atoms with Crippen molar-refractivity contribution >= 4 is 12.1 Å². The van der Waals surface area contributed by atoms with Crippen LogP contribution in [0.5, 0.6) is 5.75 Å². The standard InChI is InChI=1S/C17H16N4O3/c1-2-23-13-7-5-12(6-8-13)15-10-16(20-19-15)17(22)21-18-11-14-4-3-9-24-14/h3-11H,2H2,1H3,(H,19,20)(H,21,22)/b18-11+. The number of hydrogen-bond acceptors (Lipinski definition) is 5. The molecule has 3 rings (SSSR count). The molecule has 2 aromatic heterocycles. The first-order valence-corrected chi connectivity index (χ1v) is 7.42. The zero-order valence-electron chi connectivity index (χ0n) is 13.0. The second kappa shape index (κ2) is 7.28. The Balaban J connectivity index is 1.65. The molecule has 0 saturated heterocycles. The summed E-state index contributed by atoms with van der Waals surface area (Å²) >= 11 is 0. The number of nitrogens with one attached hydrogen (secondary N) is 2. The van der Waals surface area contributed by atoms with Crippen LogP contribution in [-0.2, 0) is 0 Å². The average molecular weight is 324 g/mol. The summed E-state index contributed by atoms with van der Waals surface area (Å²) in [6, 6.07) is 12.6. The Labute approximate surface area is 138 Å². The van der Waals surface area contributed by atoms with Gasteiger partial charge in [-0.1, -0.05) is 0 Å². The number of carbonyl (C=O) groups is 1. The highest BCUT2D eigenvalue weighted by atomic mass is 16.5. The Kier molecular flexibility index (Phi) is 4.71. The molecule has 0 aliphatic carbocycles. The molecule has 1 aromatic carbocycles. The molecule has 2 heterocycles. The summed E-state index contributed by atoms with van der Waals surface area (Å²) in [5, 5.41) is 10.7. The lowest BCUT2D eigenvalue weighted by Crippen LogP contribution is -2.17. The summed E-state index contributed by atoms with van der Waals surface area (Å²) in [5.74, 6) is 0.958. The summed E-state index contributed by atoms with van der Waals surface area (Å²) in [5.41, 5.74) is 4.27. The van der Waals surface area contributed by atoms with Crippen LogP contribution in [0.15, 0.2) is 58.2 Å². The topological polar surface area (TPSA) is 92.5 Å². The first kappa shape index (κ1) is 15.5. The molecule has 3 aromatic rings. The number of aromatic amines is 1. The quantitative estimate of drug-likeness (QED) is 0.538. The Morgan fingerprint density at radius 3 is 2.92 bits per heavy atom. The zero-order valence-corrected chi connectivity index (χ0v) is 13.0. The molecule has 1 amide bonds. The van der Waals surface area contributed by atoms with Gasteiger partial charge in [-0.05, 0) is 49.4 Å². The van der Waals surface area contributed by atoms with Crippen LogP contribution >= 0.6 is 0 Å². The number of hydrogen-bond donors (Lipinski definition) is 2. The highest BCUT2D eigenvalue weighted by molar-refractivity contribution is 5.93. The maximum atomic E-state index is 12.0. The number of rotatable bonds is 6. The van der Waals surface area contributed by atoms with Crippen LogP contribution in [-0.4, -0.2) is 28.9 Å². The summed E-state index contributed by atoms with van der Waals surface area (Å²) in [4.78, 5) is 12.0. The minimum atomic E-state index is -0.387. The number of aromatic nitrogens is 2. The van der Waals surface area contributed by atoms with Crippen molar-refractivity contribution in [3.8, 4) is 17.0 Å². The molecular weight excluding hydrogens is 308 g/mol. The molecule has 7 heteroatoms. The van der Waals surface area contributed by atoms with E-state index in [0.717, 1.165) is 11.3 Å². The molecular formula is C17H16N4O3. The molecule has 0 bridgehead atoms. The Hall–Kier alpha value is -3.35. The Morgan fingerprint density at radius 1 is 1.38 bits per heavy atom. The fourth-order valence-electron chi connectivity index (χ4n) is 2.05. The monoisotopic (exact) mass is 324 g/mol. The first-order valence-electron chi connectivity index (χ1n) is 7.42. The number of hydrazone groups is 1.